The Morgan fingerprint density at radius 1 is 0.558 bits per heavy atom. The maximum atomic E-state index is 12.1. The second-order valence-corrected chi connectivity index (χ2v) is 14.6. The maximum Gasteiger partial charge on any atom is 0.356 e. The fourth-order valence-electron chi connectivity index (χ4n) is 7.41. The van der Waals surface area contributed by atoms with Crippen LogP contribution in [0.5, 0.6) is 0 Å². The zero-order valence-corrected chi connectivity index (χ0v) is 28.8. The number of hydrogen-bond donors (Lipinski definition) is 4. The van der Waals surface area contributed by atoms with Gasteiger partial charge in [0.2, 0.25) is 0 Å². The third kappa shape index (κ3) is 5.81. The van der Waals surface area contributed by atoms with Crippen LogP contribution in [0.15, 0.2) is 180 Å². The van der Waals surface area contributed by atoms with E-state index in [4.69, 9.17) is 9.98 Å². The SMILES string of the molecule is O=P(O)(O)c1ccc(/C2=C3\C=CC(=N3)/C(c3ccccc3)=c3/cc/c([nH]3)=C(\c3ccccc3)C3=NC(C=C3)C(c3ccccc3)c3ccc2[nH]3)cc1. The average molecular weight is 697 g/mol. The molecule has 4 N–H and O–H groups in total. The van der Waals surface area contributed by atoms with Gasteiger partial charge in [0.05, 0.1) is 34.4 Å². The van der Waals surface area contributed by atoms with Gasteiger partial charge in [-0.25, -0.2) is 4.99 Å². The molecule has 3 aliphatic heterocycles. The van der Waals surface area contributed by atoms with Gasteiger partial charge in [-0.3, -0.25) is 9.56 Å². The van der Waals surface area contributed by atoms with Crippen molar-refractivity contribution in [1.82, 2.24) is 9.97 Å². The molecule has 5 heterocycles. The van der Waals surface area contributed by atoms with Crippen LogP contribution in [0.25, 0.3) is 16.7 Å². The lowest BCUT2D eigenvalue weighted by atomic mass is 9.89. The van der Waals surface area contributed by atoms with E-state index in [9.17, 15) is 14.4 Å². The van der Waals surface area contributed by atoms with Crippen molar-refractivity contribution in [3.05, 3.63) is 214 Å². The molecule has 0 saturated heterocycles. The van der Waals surface area contributed by atoms with E-state index < -0.39 is 7.60 Å². The molecule has 0 fully saturated rings. The fraction of sp³-hybridized carbons (Fsp3) is 0.0455. The quantitative estimate of drug-likeness (QED) is 0.154. The molecular formula is C44H33N4O3P. The van der Waals surface area contributed by atoms with E-state index >= 15 is 0 Å². The Kier molecular flexibility index (Phi) is 7.90. The molecule has 252 valence electrons. The van der Waals surface area contributed by atoms with Crippen LogP contribution in [0.3, 0.4) is 0 Å². The summed E-state index contributed by atoms with van der Waals surface area (Å²) in [6.45, 7) is 0. The van der Waals surface area contributed by atoms with Gasteiger partial charge in [-0.1, -0.05) is 109 Å². The molecule has 0 radical (unpaired) electrons. The molecule has 0 amide bonds. The zero-order valence-electron chi connectivity index (χ0n) is 27.9. The lowest BCUT2D eigenvalue weighted by Gasteiger charge is -2.21. The lowest BCUT2D eigenvalue weighted by Crippen LogP contribution is -2.21. The smallest absolute Gasteiger partial charge is 0.356 e. The predicted molar refractivity (Wildman–Crippen MR) is 208 cm³/mol. The van der Waals surface area contributed by atoms with Gasteiger partial charge in [0.15, 0.2) is 0 Å². The standard InChI is InChI=1S/C44H33N4O3P/c49-52(50,51)32-18-16-31(17-19-32)44-39-26-24-37(47-39)42(29-12-6-2-7-13-29)35-22-20-33(45-35)41(28-10-4-1-5-11-28)34-21-23-36(46-34)43(30-14-8-3-9-15-30)38-25-27-40(44)48-38/h1-27,35,42,46-47H,(H2,49,50,51)/b41-34-,43-36-,44-40-. The second kappa shape index (κ2) is 12.9. The molecule has 8 bridgehead atoms. The van der Waals surface area contributed by atoms with Crippen LogP contribution >= 0.6 is 7.60 Å². The average Bonchev–Trinajstić information content (AvgIpc) is 4.01. The van der Waals surface area contributed by atoms with Gasteiger partial charge in [-0.05, 0) is 76.9 Å². The van der Waals surface area contributed by atoms with Gasteiger partial charge < -0.3 is 19.8 Å². The number of allylic oxidation sites excluding steroid dienone is 3. The first kappa shape index (κ1) is 31.8. The highest BCUT2D eigenvalue weighted by atomic mass is 31.2. The largest absolute Gasteiger partial charge is 0.358 e. The molecule has 52 heavy (non-hydrogen) atoms. The number of aromatic nitrogens is 2. The van der Waals surface area contributed by atoms with Gasteiger partial charge in [0, 0.05) is 38.8 Å². The third-order valence-electron chi connectivity index (χ3n) is 9.80. The molecule has 2 unspecified atom stereocenters. The number of H-pyrrole nitrogens is 2. The Hall–Kier alpha value is -6.11. The van der Waals surface area contributed by atoms with E-state index in [-0.39, 0.29) is 17.3 Å². The molecule has 0 spiro atoms. The van der Waals surface area contributed by atoms with E-state index in [1.807, 2.05) is 42.5 Å². The van der Waals surface area contributed by atoms with Crippen LogP contribution in [-0.4, -0.2) is 37.2 Å². The number of fused-ring (bicyclic) bond motifs is 6. The van der Waals surface area contributed by atoms with E-state index in [1.165, 1.54) is 12.1 Å². The number of nitrogens with zero attached hydrogens (tertiary/aromatic N) is 2. The molecule has 7 nitrogen and oxygen atoms in total. The minimum atomic E-state index is -4.42. The van der Waals surface area contributed by atoms with Gasteiger partial charge in [0.25, 0.3) is 0 Å². The summed E-state index contributed by atoms with van der Waals surface area (Å²) in [5.41, 5.74) is 11.0. The number of aromatic amines is 2. The molecule has 9 rings (SSSR count). The van der Waals surface area contributed by atoms with Crippen LogP contribution < -0.4 is 16.0 Å². The first-order chi connectivity index (χ1) is 25.4. The molecule has 8 heteroatoms. The highest BCUT2D eigenvalue weighted by molar-refractivity contribution is 7.60. The molecular weight excluding hydrogens is 663 g/mol. The Morgan fingerprint density at radius 2 is 1.15 bits per heavy atom. The third-order valence-corrected chi connectivity index (χ3v) is 10.8. The van der Waals surface area contributed by atoms with Gasteiger partial charge in [0.1, 0.15) is 0 Å². The molecule has 3 aliphatic rings. The van der Waals surface area contributed by atoms with E-state index in [0.717, 1.165) is 78.2 Å². The molecule has 2 aromatic heterocycles. The van der Waals surface area contributed by atoms with Gasteiger partial charge in [-0.2, -0.15) is 0 Å². The van der Waals surface area contributed by atoms with Crippen molar-refractivity contribution in [2.24, 2.45) is 9.98 Å². The van der Waals surface area contributed by atoms with Crippen LogP contribution in [0.2, 0.25) is 0 Å². The number of benzene rings is 4. The first-order valence-electron chi connectivity index (χ1n) is 17.1. The van der Waals surface area contributed by atoms with E-state index in [1.54, 1.807) is 12.1 Å². The van der Waals surface area contributed by atoms with Crippen molar-refractivity contribution in [3.63, 3.8) is 0 Å². The van der Waals surface area contributed by atoms with Crippen LogP contribution in [0.4, 0.5) is 0 Å². The Labute approximate surface area is 300 Å². The minimum absolute atomic E-state index is 0.0341. The summed E-state index contributed by atoms with van der Waals surface area (Å²) >= 11 is 0. The number of hydrogen-bond acceptors (Lipinski definition) is 3. The monoisotopic (exact) mass is 696 g/mol. The molecule has 4 aromatic carbocycles. The number of nitrogens with one attached hydrogen (secondary N) is 2. The van der Waals surface area contributed by atoms with E-state index in [2.05, 4.69) is 107 Å². The summed E-state index contributed by atoms with van der Waals surface area (Å²) < 4.78 is 12.1. The Balaban J connectivity index is 1.36. The second-order valence-electron chi connectivity index (χ2n) is 13.0. The predicted octanol–water partition coefficient (Wildman–Crippen LogP) is 6.54. The van der Waals surface area contributed by atoms with Crippen LogP contribution in [0, 0.1) is 0 Å². The van der Waals surface area contributed by atoms with Gasteiger partial charge in [-0.15, -0.1) is 0 Å². The van der Waals surface area contributed by atoms with Crippen LogP contribution in [-0.2, 0) is 4.57 Å². The van der Waals surface area contributed by atoms with Crippen molar-refractivity contribution in [2.75, 3.05) is 0 Å². The van der Waals surface area contributed by atoms with Crippen molar-refractivity contribution >= 4 is 41.0 Å². The van der Waals surface area contributed by atoms with Crippen molar-refractivity contribution in [2.45, 2.75) is 12.0 Å². The molecule has 6 aromatic rings. The molecule has 0 aliphatic carbocycles. The first-order valence-corrected chi connectivity index (χ1v) is 18.7. The van der Waals surface area contributed by atoms with Crippen molar-refractivity contribution < 1.29 is 14.4 Å². The lowest BCUT2D eigenvalue weighted by molar-refractivity contribution is 0.387. The number of rotatable bonds is 5. The summed E-state index contributed by atoms with van der Waals surface area (Å²) in [5.74, 6) is -0.118. The highest BCUT2D eigenvalue weighted by Crippen LogP contribution is 2.38. The summed E-state index contributed by atoms with van der Waals surface area (Å²) in [7, 11) is -4.42. The summed E-state index contributed by atoms with van der Waals surface area (Å²) in [6.07, 6.45) is 8.38. The zero-order chi connectivity index (χ0) is 35.2. The summed E-state index contributed by atoms with van der Waals surface area (Å²) in [4.78, 5) is 37.9. The summed E-state index contributed by atoms with van der Waals surface area (Å²) in [5, 5.41) is 1.84. The van der Waals surface area contributed by atoms with Gasteiger partial charge >= 0.3 is 7.60 Å². The molecule has 0 saturated carbocycles. The maximum absolute atomic E-state index is 12.1. The van der Waals surface area contributed by atoms with Crippen molar-refractivity contribution in [1.29, 1.82) is 0 Å². The molecule has 2 atom stereocenters. The number of aliphatic imine (C=N–C) groups is 2. The van der Waals surface area contributed by atoms with E-state index in [0.29, 0.717) is 0 Å². The Bertz CT molecular complexity index is 2660. The minimum Gasteiger partial charge on any atom is -0.358 e. The normalized spacial score (nSPS) is 21.7. The highest BCUT2D eigenvalue weighted by Gasteiger charge is 2.30. The Morgan fingerprint density at radius 3 is 1.79 bits per heavy atom. The fourth-order valence-corrected chi connectivity index (χ4v) is 7.95. The van der Waals surface area contributed by atoms with Crippen molar-refractivity contribution in [3.8, 4) is 0 Å². The topological polar surface area (TPSA) is 114 Å². The van der Waals surface area contributed by atoms with Crippen LogP contribution in [0.1, 0.15) is 39.6 Å². The summed E-state index contributed by atoms with van der Waals surface area (Å²) in [6, 6.07) is 45.7.